The van der Waals surface area contributed by atoms with Gasteiger partial charge < -0.3 is 20.5 Å². The quantitative estimate of drug-likeness (QED) is 0.355. The maximum absolute atomic E-state index is 12.7. The summed E-state index contributed by atoms with van der Waals surface area (Å²) >= 11 is 2.67. The number of nitrogens with zero attached hydrogens (tertiary/aromatic N) is 1. The zero-order valence-corrected chi connectivity index (χ0v) is 19.7. The average Bonchev–Trinajstić information content (AvgIpc) is 3.26. The number of para-hydroxylation sites is 1. The van der Waals surface area contributed by atoms with E-state index in [1.54, 1.807) is 32.2 Å². The molecule has 1 heterocycles. The van der Waals surface area contributed by atoms with Crippen LogP contribution in [0.1, 0.15) is 19.8 Å². The second kappa shape index (κ2) is 11.5. The third-order valence-corrected chi connectivity index (χ3v) is 6.33. The summed E-state index contributed by atoms with van der Waals surface area (Å²) in [5, 5.41) is 16.1. The van der Waals surface area contributed by atoms with Crippen molar-refractivity contribution in [2.24, 2.45) is 0 Å². The fourth-order valence-electron chi connectivity index (χ4n) is 2.87. The molecule has 0 aliphatic rings. The molecular formula is C23H23N3O5S2. The Hall–Kier alpha value is -3.37. The Bertz CT molecular complexity index is 1150. The molecule has 0 fully saturated rings. The summed E-state index contributed by atoms with van der Waals surface area (Å²) in [6.45, 7) is 1.78. The summed E-state index contributed by atoms with van der Waals surface area (Å²) < 4.78 is 5.37. The lowest BCUT2D eigenvalue weighted by atomic mass is 10.1. The summed E-state index contributed by atoms with van der Waals surface area (Å²) in [7, 11) is 1.60. The molecule has 3 N–H and O–H groups in total. The molecule has 10 heteroatoms. The van der Waals surface area contributed by atoms with Gasteiger partial charge in [-0.15, -0.1) is 23.1 Å². The van der Waals surface area contributed by atoms with E-state index >= 15 is 0 Å². The molecule has 1 unspecified atom stereocenters. The monoisotopic (exact) mass is 485 g/mol. The first-order valence-corrected chi connectivity index (χ1v) is 11.8. The Balaban J connectivity index is 1.58. The molecule has 3 aromatic rings. The number of carboxylic acid groups (broad SMARTS) is 1. The van der Waals surface area contributed by atoms with Gasteiger partial charge in [-0.2, -0.15) is 0 Å². The molecule has 172 valence electrons. The minimum Gasteiger partial charge on any atom is -0.496 e. The Kier molecular flexibility index (Phi) is 8.45. The number of aromatic nitrogens is 1. The summed E-state index contributed by atoms with van der Waals surface area (Å²) in [5.74, 6) is -0.888. The lowest BCUT2D eigenvalue weighted by Crippen LogP contribution is -2.22. The number of carboxylic acids is 1. The number of hydrogen-bond acceptors (Lipinski definition) is 7. The smallest absolute Gasteiger partial charge is 0.303 e. The van der Waals surface area contributed by atoms with Gasteiger partial charge >= 0.3 is 5.97 Å². The number of aliphatic carboxylic acids is 1. The van der Waals surface area contributed by atoms with Gasteiger partial charge in [0, 0.05) is 27.9 Å². The van der Waals surface area contributed by atoms with Crippen molar-refractivity contribution in [3.63, 3.8) is 0 Å². The molecular weight excluding hydrogens is 462 g/mol. The Labute approximate surface area is 199 Å². The van der Waals surface area contributed by atoms with E-state index in [4.69, 9.17) is 9.84 Å². The average molecular weight is 486 g/mol. The van der Waals surface area contributed by atoms with Crippen LogP contribution in [0.5, 0.6) is 5.75 Å². The fraction of sp³-hybridized carbons (Fsp3) is 0.217. The number of amides is 2. The number of anilines is 2. The van der Waals surface area contributed by atoms with Crippen LogP contribution >= 0.6 is 23.1 Å². The predicted octanol–water partition coefficient (Wildman–Crippen LogP) is 4.74. The van der Waals surface area contributed by atoms with Gasteiger partial charge in [0.1, 0.15) is 5.75 Å². The van der Waals surface area contributed by atoms with Crippen molar-refractivity contribution >= 4 is 51.7 Å². The molecule has 0 bridgehead atoms. The van der Waals surface area contributed by atoms with Crippen LogP contribution in [0.25, 0.3) is 11.3 Å². The van der Waals surface area contributed by atoms with Crippen LogP contribution in [0.3, 0.4) is 0 Å². The van der Waals surface area contributed by atoms with E-state index < -0.39 is 11.2 Å². The summed E-state index contributed by atoms with van der Waals surface area (Å²) in [5.41, 5.74) is 2.12. The fourth-order valence-corrected chi connectivity index (χ4v) is 4.51. The van der Waals surface area contributed by atoms with Crippen LogP contribution in [0.15, 0.2) is 58.8 Å². The molecule has 2 amide bonds. The van der Waals surface area contributed by atoms with Gasteiger partial charge in [-0.3, -0.25) is 14.4 Å². The van der Waals surface area contributed by atoms with Gasteiger partial charge in [0.15, 0.2) is 5.13 Å². The zero-order chi connectivity index (χ0) is 23.8. The van der Waals surface area contributed by atoms with Crippen LogP contribution in [0.2, 0.25) is 0 Å². The molecule has 8 nitrogen and oxygen atoms in total. The van der Waals surface area contributed by atoms with Crippen molar-refractivity contribution in [1.82, 2.24) is 4.98 Å². The number of carbonyl (C=O) groups excluding carboxylic acids is 2. The Morgan fingerprint density at radius 2 is 1.91 bits per heavy atom. The zero-order valence-electron chi connectivity index (χ0n) is 18.0. The molecule has 0 radical (unpaired) electrons. The highest BCUT2D eigenvalue weighted by molar-refractivity contribution is 8.00. The molecule has 0 saturated heterocycles. The molecule has 1 aromatic heterocycles. The topological polar surface area (TPSA) is 118 Å². The minimum absolute atomic E-state index is 0.101. The van der Waals surface area contributed by atoms with Crippen molar-refractivity contribution in [2.45, 2.75) is 29.9 Å². The van der Waals surface area contributed by atoms with Gasteiger partial charge in [-0.05, 0) is 37.3 Å². The highest BCUT2D eigenvalue weighted by Crippen LogP contribution is 2.32. The standard InChI is InChI=1S/C23H23N3O5S2/c1-14(33-16-7-5-6-15(12-16)24-20(27)10-11-21(28)29)22(30)26-23-25-18(13-32-23)17-8-3-4-9-19(17)31-2/h3-9,12-14H,10-11H2,1-2H3,(H,24,27)(H,28,29)(H,25,26,30). The van der Waals surface area contributed by atoms with E-state index in [1.165, 1.54) is 23.1 Å². The maximum Gasteiger partial charge on any atom is 0.303 e. The van der Waals surface area contributed by atoms with Crippen molar-refractivity contribution in [3.05, 3.63) is 53.9 Å². The number of nitrogens with one attached hydrogen (secondary N) is 2. The maximum atomic E-state index is 12.7. The molecule has 0 saturated carbocycles. The van der Waals surface area contributed by atoms with E-state index in [1.807, 2.05) is 35.7 Å². The number of rotatable bonds is 10. The van der Waals surface area contributed by atoms with E-state index in [2.05, 4.69) is 15.6 Å². The van der Waals surface area contributed by atoms with Crippen molar-refractivity contribution in [3.8, 4) is 17.0 Å². The second-order valence-corrected chi connectivity index (χ2v) is 9.23. The van der Waals surface area contributed by atoms with Gasteiger partial charge in [-0.1, -0.05) is 18.2 Å². The van der Waals surface area contributed by atoms with Gasteiger partial charge in [0.2, 0.25) is 11.8 Å². The van der Waals surface area contributed by atoms with Crippen LogP contribution in [0.4, 0.5) is 10.8 Å². The number of hydrogen-bond donors (Lipinski definition) is 3. The Morgan fingerprint density at radius 3 is 2.67 bits per heavy atom. The third kappa shape index (κ3) is 7.06. The van der Waals surface area contributed by atoms with Crippen LogP contribution < -0.4 is 15.4 Å². The summed E-state index contributed by atoms with van der Waals surface area (Å²) in [6.07, 6.45) is -0.330. The number of ether oxygens (including phenoxy) is 1. The molecule has 3 rings (SSSR count). The van der Waals surface area contributed by atoms with Gasteiger partial charge in [0.05, 0.1) is 24.5 Å². The second-order valence-electron chi connectivity index (χ2n) is 6.96. The highest BCUT2D eigenvalue weighted by Gasteiger charge is 2.17. The molecule has 33 heavy (non-hydrogen) atoms. The van der Waals surface area contributed by atoms with Crippen LogP contribution in [-0.2, 0) is 14.4 Å². The lowest BCUT2D eigenvalue weighted by molar-refractivity contribution is -0.138. The summed E-state index contributed by atoms with van der Waals surface area (Å²) in [4.78, 5) is 40.4. The van der Waals surface area contributed by atoms with E-state index in [0.29, 0.717) is 16.6 Å². The van der Waals surface area contributed by atoms with Gasteiger partial charge in [-0.25, -0.2) is 4.98 Å². The Morgan fingerprint density at radius 1 is 1.12 bits per heavy atom. The largest absolute Gasteiger partial charge is 0.496 e. The molecule has 0 spiro atoms. The number of benzene rings is 2. The first-order valence-electron chi connectivity index (χ1n) is 10.0. The highest BCUT2D eigenvalue weighted by atomic mass is 32.2. The number of thioether (sulfide) groups is 1. The van der Waals surface area contributed by atoms with Gasteiger partial charge in [0.25, 0.3) is 0 Å². The normalized spacial score (nSPS) is 11.5. The molecule has 1 atom stereocenters. The van der Waals surface area contributed by atoms with Crippen molar-refractivity contribution in [1.29, 1.82) is 0 Å². The first-order chi connectivity index (χ1) is 15.9. The molecule has 0 aliphatic heterocycles. The van der Waals surface area contributed by atoms with E-state index in [0.717, 1.165) is 16.2 Å². The van der Waals surface area contributed by atoms with Crippen molar-refractivity contribution in [2.75, 3.05) is 17.7 Å². The first kappa shape index (κ1) is 24.3. The van der Waals surface area contributed by atoms with E-state index in [9.17, 15) is 14.4 Å². The lowest BCUT2D eigenvalue weighted by Gasteiger charge is -2.12. The van der Waals surface area contributed by atoms with Crippen molar-refractivity contribution < 1.29 is 24.2 Å². The van der Waals surface area contributed by atoms with Crippen LogP contribution in [-0.4, -0.2) is 40.2 Å². The van der Waals surface area contributed by atoms with Crippen LogP contribution in [0, 0.1) is 0 Å². The summed E-state index contributed by atoms with van der Waals surface area (Å²) in [6, 6.07) is 14.6. The number of carbonyl (C=O) groups is 3. The number of thiazole rings is 1. The SMILES string of the molecule is COc1ccccc1-c1csc(NC(=O)C(C)Sc2cccc(NC(=O)CCC(=O)O)c2)n1. The number of methoxy groups -OCH3 is 1. The minimum atomic E-state index is -1.02. The predicted molar refractivity (Wildman–Crippen MR) is 130 cm³/mol. The third-order valence-electron chi connectivity index (χ3n) is 4.48. The van der Waals surface area contributed by atoms with E-state index in [-0.39, 0.29) is 24.7 Å². The molecule has 2 aromatic carbocycles. The molecule has 0 aliphatic carbocycles.